The fourth-order valence-corrected chi connectivity index (χ4v) is 3.73. The SMILES string of the molecule is CCNC(=NCCCCN1CCN(C)CC1)NC(C)c1ccc(CC(C)C)cc1. The van der Waals surface area contributed by atoms with E-state index < -0.39 is 0 Å². The van der Waals surface area contributed by atoms with Crippen LogP contribution < -0.4 is 10.6 Å². The molecule has 0 radical (unpaired) electrons. The van der Waals surface area contributed by atoms with Crippen LogP contribution in [0.25, 0.3) is 0 Å². The van der Waals surface area contributed by atoms with Crippen molar-refractivity contribution in [3.63, 3.8) is 0 Å². The van der Waals surface area contributed by atoms with Gasteiger partial charge in [0.2, 0.25) is 0 Å². The normalized spacial score (nSPS) is 17.5. The molecule has 1 unspecified atom stereocenters. The minimum absolute atomic E-state index is 0.242. The molecular formula is C24H43N5. The predicted molar refractivity (Wildman–Crippen MR) is 126 cm³/mol. The highest BCUT2D eigenvalue weighted by molar-refractivity contribution is 5.80. The van der Waals surface area contributed by atoms with Gasteiger partial charge in [0.15, 0.2) is 5.96 Å². The summed E-state index contributed by atoms with van der Waals surface area (Å²) >= 11 is 0. The van der Waals surface area contributed by atoms with Gasteiger partial charge in [-0.15, -0.1) is 0 Å². The molecule has 1 aromatic carbocycles. The smallest absolute Gasteiger partial charge is 0.191 e. The molecule has 1 fully saturated rings. The Morgan fingerprint density at radius 1 is 1.03 bits per heavy atom. The lowest BCUT2D eigenvalue weighted by Gasteiger charge is -2.32. The van der Waals surface area contributed by atoms with E-state index in [0.717, 1.165) is 31.9 Å². The van der Waals surface area contributed by atoms with Gasteiger partial charge in [0.25, 0.3) is 0 Å². The third kappa shape index (κ3) is 9.18. The van der Waals surface area contributed by atoms with Gasteiger partial charge >= 0.3 is 0 Å². The molecule has 1 aliphatic heterocycles. The van der Waals surface area contributed by atoms with E-state index in [-0.39, 0.29) is 6.04 Å². The summed E-state index contributed by atoms with van der Waals surface area (Å²) in [6.45, 7) is 16.6. The maximum atomic E-state index is 4.80. The Morgan fingerprint density at radius 3 is 2.34 bits per heavy atom. The van der Waals surface area contributed by atoms with Crippen molar-refractivity contribution < 1.29 is 0 Å². The molecule has 5 heteroatoms. The number of likely N-dealkylation sites (N-methyl/N-ethyl adjacent to an activating group) is 1. The quantitative estimate of drug-likeness (QED) is 0.358. The third-order valence-electron chi connectivity index (χ3n) is 5.57. The second-order valence-corrected chi connectivity index (χ2v) is 8.82. The first-order chi connectivity index (χ1) is 14.0. The average molecular weight is 402 g/mol. The Morgan fingerprint density at radius 2 is 1.72 bits per heavy atom. The van der Waals surface area contributed by atoms with Crippen LogP contribution >= 0.6 is 0 Å². The summed E-state index contributed by atoms with van der Waals surface area (Å²) in [6.07, 6.45) is 3.50. The molecule has 2 rings (SSSR count). The monoisotopic (exact) mass is 401 g/mol. The lowest BCUT2D eigenvalue weighted by Crippen LogP contribution is -2.44. The van der Waals surface area contributed by atoms with Crippen LogP contribution in [-0.2, 0) is 6.42 Å². The largest absolute Gasteiger partial charge is 0.357 e. The molecule has 1 aliphatic rings. The van der Waals surface area contributed by atoms with Crippen molar-refractivity contribution in [2.75, 3.05) is 52.9 Å². The molecule has 164 valence electrons. The molecule has 5 nitrogen and oxygen atoms in total. The third-order valence-corrected chi connectivity index (χ3v) is 5.57. The summed E-state index contributed by atoms with van der Waals surface area (Å²) in [5.41, 5.74) is 2.72. The number of hydrogen-bond acceptors (Lipinski definition) is 3. The Labute approximate surface area is 179 Å². The maximum Gasteiger partial charge on any atom is 0.191 e. The average Bonchev–Trinajstić information content (AvgIpc) is 2.69. The summed E-state index contributed by atoms with van der Waals surface area (Å²) in [4.78, 5) is 9.79. The minimum Gasteiger partial charge on any atom is -0.357 e. The number of hydrogen-bond donors (Lipinski definition) is 2. The number of unbranched alkanes of at least 4 members (excludes halogenated alkanes) is 1. The molecule has 29 heavy (non-hydrogen) atoms. The van der Waals surface area contributed by atoms with Crippen molar-refractivity contribution >= 4 is 5.96 Å². The van der Waals surface area contributed by atoms with Crippen LogP contribution in [0.3, 0.4) is 0 Å². The number of aliphatic imine (C=N–C) groups is 1. The van der Waals surface area contributed by atoms with Crippen LogP contribution in [0.5, 0.6) is 0 Å². The van der Waals surface area contributed by atoms with Crippen LogP contribution in [0, 0.1) is 5.92 Å². The first kappa shape index (κ1) is 23.7. The van der Waals surface area contributed by atoms with E-state index >= 15 is 0 Å². The molecule has 0 amide bonds. The zero-order chi connectivity index (χ0) is 21.1. The van der Waals surface area contributed by atoms with Crippen LogP contribution in [-0.4, -0.2) is 68.6 Å². The predicted octanol–water partition coefficient (Wildman–Crippen LogP) is 3.53. The Balaban J connectivity index is 1.75. The van der Waals surface area contributed by atoms with Gasteiger partial charge in [-0.1, -0.05) is 38.1 Å². The Hall–Kier alpha value is -1.59. The van der Waals surface area contributed by atoms with Crippen molar-refractivity contribution in [3.05, 3.63) is 35.4 Å². The highest BCUT2D eigenvalue weighted by Crippen LogP contribution is 2.15. The molecule has 1 aromatic rings. The summed E-state index contributed by atoms with van der Waals surface area (Å²) in [7, 11) is 2.21. The zero-order valence-corrected chi connectivity index (χ0v) is 19.4. The van der Waals surface area contributed by atoms with E-state index in [1.807, 2.05) is 0 Å². The second kappa shape index (κ2) is 12.9. The van der Waals surface area contributed by atoms with E-state index in [2.05, 4.69) is 79.4 Å². The summed E-state index contributed by atoms with van der Waals surface area (Å²) in [5, 5.41) is 6.95. The van der Waals surface area contributed by atoms with E-state index in [4.69, 9.17) is 4.99 Å². The van der Waals surface area contributed by atoms with Gasteiger partial charge in [-0.3, -0.25) is 4.99 Å². The van der Waals surface area contributed by atoms with Crippen LogP contribution in [0.2, 0.25) is 0 Å². The maximum absolute atomic E-state index is 4.80. The molecule has 0 aromatic heterocycles. The standard InChI is InChI=1S/C24H43N5/c1-6-25-24(26-13-7-8-14-29-17-15-28(5)16-18-29)27-21(4)23-11-9-22(10-12-23)19-20(2)3/h9-12,20-21H,6-8,13-19H2,1-5H3,(H2,25,26,27). The van der Waals surface area contributed by atoms with Crippen molar-refractivity contribution in [2.45, 2.75) is 53.0 Å². The zero-order valence-electron chi connectivity index (χ0n) is 19.4. The highest BCUT2D eigenvalue weighted by atomic mass is 15.2. The number of guanidine groups is 1. The van der Waals surface area contributed by atoms with Crippen molar-refractivity contribution in [1.29, 1.82) is 0 Å². The first-order valence-electron chi connectivity index (χ1n) is 11.5. The van der Waals surface area contributed by atoms with Crippen LogP contribution in [0.15, 0.2) is 29.3 Å². The van der Waals surface area contributed by atoms with Gasteiger partial charge in [-0.25, -0.2) is 0 Å². The molecule has 1 atom stereocenters. The molecule has 0 bridgehead atoms. The second-order valence-electron chi connectivity index (χ2n) is 8.82. The number of nitrogens with one attached hydrogen (secondary N) is 2. The van der Waals surface area contributed by atoms with Gasteiger partial charge in [0.1, 0.15) is 0 Å². The topological polar surface area (TPSA) is 42.9 Å². The van der Waals surface area contributed by atoms with E-state index in [9.17, 15) is 0 Å². The van der Waals surface area contributed by atoms with Crippen molar-refractivity contribution in [1.82, 2.24) is 20.4 Å². The number of piperazine rings is 1. The van der Waals surface area contributed by atoms with E-state index in [0.29, 0.717) is 5.92 Å². The number of benzene rings is 1. The molecule has 2 N–H and O–H groups in total. The summed E-state index contributed by atoms with van der Waals surface area (Å²) in [6, 6.07) is 9.25. The van der Waals surface area contributed by atoms with Gasteiger partial charge in [0.05, 0.1) is 6.04 Å². The summed E-state index contributed by atoms with van der Waals surface area (Å²) in [5.74, 6) is 1.62. The fraction of sp³-hybridized carbons (Fsp3) is 0.708. The van der Waals surface area contributed by atoms with Crippen LogP contribution in [0.4, 0.5) is 0 Å². The lowest BCUT2D eigenvalue weighted by atomic mass is 10.00. The Kier molecular flexibility index (Phi) is 10.5. The first-order valence-corrected chi connectivity index (χ1v) is 11.5. The Bertz CT molecular complexity index is 588. The van der Waals surface area contributed by atoms with Gasteiger partial charge in [-0.05, 0) is 63.7 Å². The molecule has 0 aliphatic carbocycles. The van der Waals surface area contributed by atoms with Crippen LogP contribution in [0.1, 0.15) is 57.7 Å². The van der Waals surface area contributed by atoms with Crippen molar-refractivity contribution in [2.24, 2.45) is 10.9 Å². The van der Waals surface area contributed by atoms with E-state index in [1.165, 1.54) is 50.3 Å². The molecule has 1 heterocycles. The molecule has 1 saturated heterocycles. The fourth-order valence-electron chi connectivity index (χ4n) is 3.73. The molecular weight excluding hydrogens is 358 g/mol. The van der Waals surface area contributed by atoms with Gasteiger partial charge in [0, 0.05) is 39.3 Å². The van der Waals surface area contributed by atoms with Crippen molar-refractivity contribution in [3.8, 4) is 0 Å². The lowest BCUT2D eigenvalue weighted by molar-refractivity contribution is 0.152. The van der Waals surface area contributed by atoms with E-state index in [1.54, 1.807) is 0 Å². The highest BCUT2D eigenvalue weighted by Gasteiger charge is 2.12. The number of nitrogens with zero attached hydrogens (tertiary/aromatic N) is 3. The van der Waals surface area contributed by atoms with Gasteiger partial charge < -0.3 is 20.4 Å². The molecule has 0 saturated carbocycles. The van der Waals surface area contributed by atoms with Gasteiger partial charge in [-0.2, -0.15) is 0 Å². The summed E-state index contributed by atoms with van der Waals surface area (Å²) < 4.78 is 0. The minimum atomic E-state index is 0.242. The molecule has 0 spiro atoms. The number of rotatable bonds is 10.